The first-order chi connectivity index (χ1) is 14.0. The lowest BCUT2D eigenvalue weighted by Gasteiger charge is -2.33. The number of nitro groups is 1. The Morgan fingerprint density at radius 1 is 1.14 bits per heavy atom. The van der Waals surface area contributed by atoms with Crippen LogP contribution in [0.2, 0.25) is 0 Å². The van der Waals surface area contributed by atoms with Crippen LogP contribution in [0.4, 0.5) is 5.69 Å². The molecule has 0 saturated carbocycles. The lowest BCUT2D eigenvalue weighted by Crippen LogP contribution is -2.49. The Labute approximate surface area is 169 Å². The SMILES string of the molecule is O=C(CNC(=O)c1cccc([N+](=O)[O-])c1)NC1CCCN(Cc2ccccc2)C1. The van der Waals surface area contributed by atoms with Gasteiger partial charge in [-0.25, -0.2) is 0 Å². The van der Waals surface area contributed by atoms with Gasteiger partial charge in [-0.1, -0.05) is 36.4 Å². The normalized spacial score (nSPS) is 16.8. The number of rotatable bonds is 7. The zero-order chi connectivity index (χ0) is 20.6. The molecule has 2 aromatic carbocycles. The molecule has 152 valence electrons. The molecule has 2 N–H and O–H groups in total. The molecule has 8 nitrogen and oxygen atoms in total. The fraction of sp³-hybridized carbons (Fsp3) is 0.333. The van der Waals surface area contributed by atoms with Gasteiger partial charge < -0.3 is 10.6 Å². The molecule has 2 aromatic rings. The molecule has 0 radical (unpaired) electrons. The van der Waals surface area contributed by atoms with Crippen LogP contribution in [0.25, 0.3) is 0 Å². The first kappa shape index (κ1) is 20.5. The highest BCUT2D eigenvalue weighted by molar-refractivity contribution is 5.96. The van der Waals surface area contributed by atoms with Gasteiger partial charge in [-0.2, -0.15) is 0 Å². The maximum absolute atomic E-state index is 12.2. The van der Waals surface area contributed by atoms with Gasteiger partial charge in [0.1, 0.15) is 0 Å². The van der Waals surface area contributed by atoms with Gasteiger partial charge in [0.05, 0.1) is 11.5 Å². The van der Waals surface area contributed by atoms with Crippen LogP contribution in [0.3, 0.4) is 0 Å². The van der Waals surface area contributed by atoms with Gasteiger partial charge in [-0.3, -0.25) is 24.6 Å². The van der Waals surface area contributed by atoms with Gasteiger partial charge in [-0.15, -0.1) is 0 Å². The van der Waals surface area contributed by atoms with Crippen LogP contribution in [0.5, 0.6) is 0 Å². The molecule has 2 amide bonds. The summed E-state index contributed by atoms with van der Waals surface area (Å²) in [7, 11) is 0. The van der Waals surface area contributed by atoms with Crippen molar-refractivity contribution in [2.75, 3.05) is 19.6 Å². The number of hydrogen-bond acceptors (Lipinski definition) is 5. The van der Waals surface area contributed by atoms with Crippen molar-refractivity contribution in [3.8, 4) is 0 Å². The highest BCUT2D eigenvalue weighted by Crippen LogP contribution is 2.14. The number of benzene rings is 2. The van der Waals surface area contributed by atoms with Crippen LogP contribution in [0, 0.1) is 10.1 Å². The van der Waals surface area contributed by atoms with Gasteiger partial charge in [0.15, 0.2) is 0 Å². The van der Waals surface area contributed by atoms with E-state index in [1.165, 1.54) is 29.8 Å². The van der Waals surface area contributed by atoms with Crippen LogP contribution >= 0.6 is 0 Å². The molecule has 1 aliphatic heterocycles. The first-order valence-corrected chi connectivity index (χ1v) is 9.59. The maximum Gasteiger partial charge on any atom is 0.270 e. The topological polar surface area (TPSA) is 105 Å². The van der Waals surface area contributed by atoms with Crippen LogP contribution in [0.1, 0.15) is 28.8 Å². The average Bonchev–Trinajstić information content (AvgIpc) is 2.73. The molecule has 1 fully saturated rings. The minimum Gasteiger partial charge on any atom is -0.351 e. The Hall–Kier alpha value is -3.26. The fourth-order valence-electron chi connectivity index (χ4n) is 3.46. The second-order valence-corrected chi connectivity index (χ2v) is 7.12. The largest absolute Gasteiger partial charge is 0.351 e. The van der Waals surface area contributed by atoms with E-state index in [0.717, 1.165) is 32.5 Å². The summed E-state index contributed by atoms with van der Waals surface area (Å²) in [6.07, 6.45) is 1.90. The Morgan fingerprint density at radius 2 is 1.93 bits per heavy atom. The van der Waals surface area contributed by atoms with Crippen LogP contribution in [-0.2, 0) is 11.3 Å². The first-order valence-electron chi connectivity index (χ1n) is 9.59. The Bertz CT molecular complexity index is 872. The molecule has 0 aliphatic carbocycles. The van der Waals surface area contributed by atoms with E-state index in [1.54, 1.807) is 0 Å². The summed E-state index contributed by atoms with van der Waals surface area (Å²) in [5.41, 5.74) is 1.23. The number of nitrogens with zero attached hydrogens (tertiary/aromatic N) is 2. The summed E-state index contributed by atoms with van der Waals surface area (Å²) in [5.74, 6) is -0.784. The Morgan fingerprint density at radius 3 is 2.69 bits per heavy atom. The Balaban J connectivity index is 1.46. The molecule has 1 atom stereocenters. The zero-order valence-corrected chi connectivity index (χ0v) is 16.0. The average molecular weight is 396 g/mol. The van der Waals surface area contributed by atoms with Gasteiger partial charge >= 0.3 is 0 Å². The molecular weight excluding hydrogens is 372 g/mol. The minimum absolute atomic E-state index is 0.0367. The van der Waals surface area contributed by atoms with E-state index in [-0.39, 0.29) is 29.7 Å². The standard InChI is InChI=1S/C21H24N4O4/c26-20(13-22-21(27)17-8-4-10-19(12-17)25(28)29)23-18-9-5-11-24(15-18)14-16-6-2-1-3-7-16/h1-4,6-8,10,12,18H,5,9,11,13-15H2,(H,22,27)(H,23,26). The summed E-state index contributed by atoms with van der Waals surface area (Å²) in [5, 5.41) is 16.3. The molecule has 29 heavy (non-hydrogen) atoms. The van der Waals surface area contributed by atoms with E-state index in [9.17, 15) is 19.7 Å². The van der Waals surface area contributed by atoms with Crippen molar-refractivity contribution in [2.24, 2.45) is 0 Å². The molecule has 1 unspecified atom stereocenters. The third kappa shape index (κ3) is 6.11. The van der Waals surface area contributed by atoms with Crippen molar-refractivity contribution >= 4 is 17.5 Å². The highest BCUT2D eigenvalue weighted by atomic mass is 16.6. The third-order valence-corrected chi connectivity index (χ3v) is 4.85. The molecule has 3 rings (SSSR count). The highest BCUT2D eigenvalue weighted by Gasteiger charge is 2.21. The monoisotopic (exact) mass is 396 g/mol. The lowest BCUT2D eigenvalue weighted by atomic mass is 10.0. The number of non-ortho nitro benzene ring substituents is 1. The van der Waals surface area contributed by atoms with Crippen molar-refractivity contribution < 1.29 is 14.5 Å². The van der Waals surface area contributed by atoms with E-state index in [4.69, 9.17) is 0 Å². The summed E-state index contributed by atoms with van der Waals surface area (Å²) < 4.78 is 0. The van der Waals surface area contributed by atoms with E-state index < -0.39 is 10.8 Å². The maximum atomic E-state index is 12.2. The fourth-order valence-corrected chi connectivity index (χ4v) is 3.46. The minimum atomic E-state index is -0.562. The number of nitrogens with one attached hydrogen (secondary N) is 2. The number of hydrogen-bond donors (Lipinski definition) is 2. The number of carbonyl (C=O) groups excluding carboxylic acids is 2. The number of likely N-dealkylation sites (tertiary alicyclic amines) is 1. The van der Waals surface area contributed by atoms with Crippen molar-refractivity contribution in [3.05, 3.63) is 75.8 Å². The summed E-state index contributed by atoms with van der Waals surface area (Å²) >= 11 is 0. The zero-order valence-electron chi connectivity index (χ0n) is 16.0. The predicted octanol–water partition coefficient (Wildman–Crippen LogP) is 2.11. The van der Waals surface area contributed by atoms with Gasteiger partial charge in [0.25, 0.3) is 11.6 Å². The molecule has 0 bridgehead atoms. The molecular formula is C21H24N4O4. The van der Waals surface area contributed by atoms with E-state index in [0.29, 0.717) is 0 Å². The summed E-state index contributed by atoms with van der Waals surface area (Å²) in [6.45, 7) is 2.43. The molecule has 0 aromatic heterocycles. The van der Waals surface area contributed by atoms with Crippen molar-refractivity contribution in [1.29, 1.82) is 0 Å². The molecule has 1 heterocycles. The number of piperidine rings is 1. The smallest absolute Gasteiger partial charge is 0.270 e. The Kier molecular flexibility index (Phi) is 6.91. The second-order valence-electron chi connectivity index (χ2n) is 7.12. The van der Waals surface area contributed by atoms with Gasteiger partial charge in [0.2, 0.25) is 5.91 Å². The quantitative estimate of drug-likeness (QED) is 0.551. The van der Waals surface area contributed by atoms with Gasteiger partial charge in [-0.05, 0) is 31.0 Å². The van der Waals surface area contributed by atoms with E-state index >= 15 is 0 Å². The van der Waals surface area contributed by atoms with Crippen molar-refractivity contribution in [3.63, 3.8) is 0 Å². The summed E-state index contributed by atoms with van der Waals surface area (Å²) in [6, 6.07) is 15.7. The van der Waals surface area contributed by atoms with E-state index in [2.05, 4.69) is 27.7 Å². The van der Waals surface area contributed by atoms with Crippen molar-refractivity contribution in [1.82, 2.24) is 15.5 Å². The van der Waals surface area contributed by atoms with Gasteiger partial charge in [0, 0.05) is 36.8 Å². The predicted molar refractivity (Wildman–Crippen MR) is 108 cm³/mol. The molecule has 1 saturated heterocycles. The van der Waals surface area contributed by atoms with Crippen LogP contribution in [-0.4, -0.2) is 47.3 Å². The van der Waals surface area contributed by atoms with Crippen LogP contribution in [0.15, 0.2) is 54.6 Å². The number of carbonyl (C=O) groups is 2. The summed E-state index contributed by atoms with van der Waals surface area (Å²) in [4.78, 5) is 36.9. The van der Waals surface area contributed by atoms with Crippen LogP contribution < -0.4 is 10.6 Å². The van der Waals surface area contributed by atoms with E-state index in [1.807, 2.05) is 18.2 Å². The second kappa shape index (κ2) is 9.79. The lowest BCUT2D eigenvalue weighted by molar-refractivity contribution is -0.384. The van der Waals surface area contributed by atoms with Crippen molar-refractivity contribution in [2.45, 2.75) is 25.4 Å². The molecule has 0 spiro atoms. The molecule has 8 heteroatoms. The number of amides is 2. The third-order valence-electron chi connectivity index (χ3n) is 4.85. The number of nitro benzene ring substituents is 1. The molecule has 1 aliphatic rings.